The van der Waals surface area contributed by atoms with E-state index in [1.807, 2.05) is 6.07 Å². The van der Waals surface area contributed by atoms with Crippen LogP contribution in [-0.2, 0) is 11.3 Å². The number of methoxy groups -OCH3 is 1. The molecule has 1 N–H and O–H groups in total. The number of aromatic nitrogens is 1. The maximum atomic E-state index is 12.1. The van der Waals surface area contributed by atoms with Gasteiger partial charge in [-0.25, -0.2) is 4.79 Å². The van der Waals surface area contributed by atoms with Gasteiger partial charge in [-0.2, -0.15) is 0 Å². The van der Waals surface area contributed by atoms with Gasteiger partial charge >= 0.3 is 5.97 Å². The Hall–Kier alpha value is -2.69. The minimum atomic E-state index is -0.397. The number of hydrogen-bond donors (Lipinski definition) is 1. The molecule has 0 radical (unpaired) electrons. The SMILES string of the molecule is COC(=O)c1cccc(CNC(=O)c2cccnc2C)c1. The molecule has 1 aromatic heterocycles. The number of nitrogens with one attached hydrogen (secondary N) is 1. The molecule has 5 heteroatoms. The zero-order chi connectivity index (χ0) is 15.2. The highest BCUT2D eigenvalue weighted by Gasteiger charge is 2.10. The number of amides is 1. The second-order valence-electron chi connectivity index (χ2n) is 4.51. The predicted molar refractivity (Wildman–Crippen MR) is 77.9 cm³/mol. The number of aryl methyl sites for hydroxylation is 1. The van der Waals surface area contributed by atoms with Gasteiger partial charge < -0.3 is 10.1 Å². The molecule has 2 aromatic rings. The summed E-state index contributed by atoms with van der Waals surface area (Å²) in [4.78, 5) is 27.6. The highest BCUT2D eigenvalue weighted by Crippen LogP contribution is 2.08. The first-order chi connectivity index (χ1) is 10.1. The summed E-state index contributed by atoms with van der Waals surface area (Å²) >= 11 is 0. The lowest BCUT2D eigenvalue weighted by Gasteiger charge is -2.08. The normalized spacial score (nSPS) is 10.0. The molecule has 0 aliphatic carbocycles. The van der Waals surface area contributed by atoms with Gasteiger partial charge in [-0.15, -0.1) is 0 Å². The Morgan fingerprint density at radius 3 is 2.76 bits per heavy atom. The number of carbonyl (C=O) groups is 2. The summed E-state index contributed by atoms with van der Waals surface area (Å²) < 4.78 is 4.67. The fourth-order valence-electron chi connectivity index (χ4n) is 1.93. The maximum absolute atomic E-state index is 12.1. The van der Waals surface area contributed by atoms with Crippen molar-refractivity contribution in [2.45, 2.75) is 13.5 Å². The molecule has 21 heavy (non-hydrogen) atoms. The molecule has 0 unspecified atom stereocenters. The van der Waals surface area contributed by atoms with Gasteiger partial charge in [0.25, 0.3) is 5.91 Å². The topological polar surface area (TPSA) is 68.3 Å². The lowest BCUT2D eigenvalue weighted by atomic mass is 10.1. The van der Waals surface area contributed by atoms with Crippen LogP contribution in [0.15, 0.2) is 42.6 Å². The molecule has 0 spiro atoms. The fraction of sp³-hybridized carbons (Fsp3) is 0.188. The molecular weight excluding hydrogens is 268 g/mol. The zero-order valence-electron chi connectivity index (χ0n) is 11.9. The summed E-state index contributed by atoms with van der Waals surface area (Å²) in [6, 6.07) is 10.4. The van der Waals surface area contributed by atoms with Crippen LogP contribution in [0.1, 0.15) is 32.0 Å². The van der Waals surface area contributed by atoms with Crippen molar-refractivity contribution < 1.29 is 14.3 Å². The lowest BCUT2D eigenvalue weighted by molar-refractivity contribution is 0.0600. The number of rotatable bonds is 4. The number of benzene rings is 1. The molecule has 1 amide bonds. The molecule has 0 saturated heterocycles. The molecule has 1 aromatic carbocycles. The predicted octanol–water partition coefficient (Wildman–Crippen LogP) is 2.11. The van der Waals surface area contributed by atoms with Crippen LogP contribution in [0, 0.1) is 6.92 Å². The van der Waals surface area contributed by atoms with E-state index in [1.54, 1.807) is 43.5 Å². The first kappa shape index (κ1) is 14.7. The van der Waals surface area contributed by atoms with E-state index < -0.39 is 5.97 Å². The van der Waals surface area contributed by atoms with Gasteiger partial charge in [0.2, 0.25) is 0 Å². The molecule has 0 aliphatic rings. The van der Waals surface area contributed by atoms with Gasteiger partial charge in [0.1, 0.15) is 0 Å². The molecular formula is C16H16N2O3. The Morgan fingerprint density at radius 2 is 2.05 bits per heavy atom. The van der Waals surface area contributed by atoms with Gasteiger partial charge in [-0.1, -0.05) is 12.1 Å². The monoisotopic (exact) mass is 284 g/mol. The van der Waals surface area contributed by atoms with Crippen LogP contribution in [0.5, 0.6) is 0 Å². The summed E-state index contributed by atoms with van der Waals surface area (Å²) in [6.07, 6.45) is 1.64. The molecule has 2 rings (SSSR count). The van der Waals surface area contributed by atoms with E-state index in [-0.39, 0.29) is 5.91 Å². The molecule has 5 nitrogen and oxygen atoms in total. The van der Waals surface area contributed by atoms with E-state index in [0.29, 0.717) is 23.4 Å². The van der Waals surface area contributed by atoms with Crippen LogP contribution >= 0.6 is 0 Å². The molecule has 1 heterocycles. The van der Waals surface area contributed by atoms with Crippen molar-refractivity contribution in [3.05, 3.63) is 65.0 Å². The average Bonchev–Trinajstić information content (AvgIpc) is 2.52. The molecule has 0 bridgehead atoms. The number of nitrogens with zero attached hydrogens (tertiary/aromatic N) is 1. The zero-order valence-corrected chi connectivity index (χ0v) is 11.9. The third-order valence-electron chi connectivity index (χ3n) is 3.05. The average molecular weight is 284 g/mol. The van der Waals surface area contributed by atoms with Crippen molar-refractivity contribution in [3.63, 3.8) is 0 Å². The first-order valence-corrected chi connectivity index (χ1v) is 6.49. The fourth-order valence-corrected chi connectivity index (χ4v) is 1.93. The Labute approximate surface area is 123 Å². The minimum Gasteiger partial charge on any atom is -0.465 e. The third-order valence-corrected chi connectivity index (χ3v) is 3.05. The molecule has 0 aliphatic heterocycles. The van der Waals surface area contributed by atoms with Crippen LogP contribution in [0.25, 0.3) is 0 Å². The van der Waals surface area contributed by atoms with Crippen molar-refractivity contribution >= 4 is 11.9 Å². The Morgan fingerprint density at radius 1 is 1.24 bits per heavy atom. The van der Waals surface area contributed by atoms with E-state index in [9.17, 15) is 9.59 Å². The van der Waals surface area contributed by atoms with E-state index in [2.05, 4.69) is 15.0 Å². The quantitative estimate of drug-likeness (QED) is 0.873. The number of carbonyl (C=O) groups excluding carboxylic acids is 2. The van der Waals surface area contributed by atoms with Gasteiger partial charge in [0.15, 0.2) is 0 Å². The van der Waals surface area contributed by atoms with Crippen LogP contribution in [0.4, 0.5) is 0 Å². The van der Waals surface area contributed by atoms with Gasteiger partial charge in [-0.05, 0) is 36.8 Å². The summed E-state index contributed by atoms with van der Waals surface area (Å²) in [6.45, 7) is 2.12. The first-order valence-electron chi connectivity index (χ1n) is 6.49. The number of esters is 1. The van der Waals surface area contributed by atoms with Crippen LogP contribution in [0.2, 0.25) is 0 Å². The Balaban J connectivity index is 2.05. The van der Waals surface area contributed by atoms with Gasteiger partial charge in [-0.3, -0.25) is 9.78 Å². The number of ether oxygens (including phenoxy) is 1. The molecule has 108 valence electrons. The van der Waals surface area contributed by atoms with E-state index >= 15 is 0 Å². The van der Waals surface area contributed by atoms with Crippen molar-refractivity contribution in [1.82, 2.24) is 10.3 Å². The second-order valence-corrected chi connectivity index (χ2v) is 4.51. The van der Waals surface area contributed by atoms with E-state index in [4.69, 9.17) is 0 Å². The van der Waals surface area contributed by atoms with E-state index in [0.717, 1.165) is 5.56 Å². The highest BCUT2D eigenvalue weighted by atomic mass is 16.5. The summed E-state index contributed by atoms with van der Waals surface area (Å²) in [5.41, 5.74) is 2.51. The van der Waals surface area contributed by atoms with Crippen molar-refractivity contribution in [3.8, 4) is 0 Å². The molecule has 0 saturated carbocycles. The van der Waals surface area contributed by atoms with Gasteiger partial charge in [0, 0.05) is 18.4 Å². The summed E-state index contributed by atoms with van der Waals surface area (Å²) in [5.74, 6) is -0.588. The van der Waals surface area contributed by atoms with Crippen molar-refractivity contribution in [1.29, 1.82) is 0 Å². The summed E-state index contributed by atoms with van der Waals surface area (Å²) in [5, 5.41) is 2.81. The highest BCUT2D eigenvalue weighted by molar-refractivity contribution is 5.95. The van der Waals surface area contributed by atoms with Crippen molar-refractivity contribution in [2.75, 3.05) is 7.11 Å². The van der Waals surface area contributed by atoms with Crippen LogP contribution < -0.4 is 5.32 Å². The number of hydrogen-bond acceptors (Lipinski definition) is 4. The molecule has 0 atom stereocenters. The Bertz CT molecular complexity index is 668. The van der Waals surface area contributed by atoms with Gasteiger partial charge in [0.05, 0.1) is 18.2 Å². The standard InChI is InChI=1S/C16H16N2O3/c1-11-14(7-4-8-17-11)15(19)18-10-12-5-3-6-13(9-12)16(20)21-2/h3-9H,10H2,1-2H3,(H,18,19). The lowest BCUT2D eigenvalue weighted by Crippen LogP contribution is -2.24. The van der Waals surface area contributed by atoms with Crippen LogP contribution in [-0.4, -0.2) is 24.0 Å². The summed E-state index contributed by atoms with van der Waals surface area (Å²) in [7, 11) is 1.34. The van der Waals surface area contributed by atoms with Crippen molar-refractivity contribution in [2.24, 2.45) is 0 Å². The second kappa shape index (κ2) is 6.65. The maximum Gasteiger partial charge on any atom is 0.337 e. The molecule has 0 fully saturated rings. The Kier molecular flexibility index (Phi) is 4.66. The minimum absolute atomic E-state index is 0.191. The van der Waals surface area contributed by atoms with E-state index in [1.165, 1.54) is 7.11 Å². The number of pyridine rings is 1. The smallest absolute Gasteiger partial charge is 0.337 e. The largest absolute Gasteiger partial charge is 0.465 e. The third kappa shape index (κ3) is 3.66. The van der Waals surface area contributed by atoms with Crippen LogP contribution in [0.3, 0.4) is 0 Å².